The van der Waals surface area contributed by atoms with Crippen LogP contribution in [0, 0.1) is 17.6 Å². The summed E-state index contributed by atoms with van der Waals surface area (Å²) in [6, 6.07) is 11.0. The minimum Gasteiger partial charge on any atom is -0.489 e. The van der Waals surface area contributed by atoms with Gasteiger partial charge >= 0.3 is 5.97 Å². The van der Waals surface area contributed by atoms with Crippen LogP contribution >= 0.6 is 0 Å². The lowest BCUT2D eigenvalue weighted by molar-refractivity contribution is -0.149. The number of ether oxygens (including phenoxy) is 2. The lowest BCUT2D eigenvalue weighted by Gasteiger charge is -2.31. The van der Waals surface area contributed by atoms with Gasteiger partial charge in [-0.25, -0.2) is 8.78 Å². The number of rotatable bonds is 8. The van der Waals surface area contributed by atoms with Crippen molar-refractivity contribution in [2.45, 2.75) is 26.3 Å². The quantitative estimate of drug-likeness (QED) is 0.337. The maximum absolute atomic E-state index is 13.9. The van der Waals surface area contributed by atoms with Crippen molar-refractivity contribution in [2.75, 3.05) is 26.3 Å². The van der Waals surface area contributed by atoms with Gasteiger partial charge in [-0.2, -0.15) is 0 Å². The Morgan fingerprint density at radius 1 is 1.11 bits per heavy atom. The summed E-state index contributed by atoms with van der Waals surface area (Å²) in [5, 5.41) is 0.738. The highest BCUT2D eigenvalue weighted by Gasteiger charge is 2.30. The Bertz CT molecular complexity index is 1250. The van der Waals surface area contributed by atoms with Crippen molar-refractivity contribution in [3.05, 3.63) is 78.0 Å². The van der Waals surface area contributed by atoms with Crippen LogP contribution in [0.1, 0.15) is 35.8 Å². The molecule has 1 aromatic heterocycles. The summed E-state index contributed by atoms with van der Waals surface area (Å²) in [5.41, 5.74) is 1.67. The van der Waals surface area contributed by atoms with Crippen LogP contribution in [0.4, 0.5) is 8.78 Å². The van der Waals surface area contributed by atoms with Gasteiger partial charge in [0.25, 0.3) is 5.91 Å². The highest BCUT2D eigenvalue weighted by molar-refractivity contribution is 6.00. The molecule has 1 saturated heterocycles. The molecule has 35 heavy (non-hydrogen) atoms. The third kappa shape index (κ3) is 5.21. The van der Waals surface area contributed by atoms with Crippen LogP contribution in [0.2, 0.25) is 0 Å². The number of carbonyl (C=O) groups is 2. The van der Waals surface area contributed by atoms with Crippen molar-refractivity contribution < 1.29 is 27.8 Å². The number of likely N-dealkylation sites (tertiary alicyclic amines) is 1. The van der Waals surface area contributed by atoms with Gasteiger partial charge in [0.2, 0.25) is 0 Å². The summed E-state index contributed by atoms with van der Waals surface area (Å²) in [7, 11) is 0. The van der Waals surface area contributed by atoms with Crippen LogP contribution in [0.5, 0.6) is 5.75 Å². The van der Waals surface area contributed by atoms with E-state index in [4.69, 9.17) is 9.47 Å². The summed E-state index contributed by atoms with van der Waals surface area (Å²) in [4.78, 5) is 27.4. The summed E-state index contributed by atoms with van der Waals surface area (Å²) in [5.74, 6) is -1.90. The normalized spacial score (nSPS) is 14.2. The molecule has 0 spiro atoms. The van der Waals surface area contributed by atoms with Crippen LogP contribution in [0.25, 0.3) is 10.9 Å². The Morgan fingerprint density at radius 2 is 1.89 bits per heavy atom. The molecule has 1 amide bonds. The topological polar surface area (TPSA) is 60.8 Å². The molecule has 1 fully saturated rings. The third-order valence-corrected chi connectivity index (χ3v) is 6.21. The minimum absolute atomic E-state index is 0.173. The first-order valence-corrected chi connectivity index (χ1v) is 11.7. The predicted octanol–water partition coefficient (Wildman–Crippen LogP) is 4.95. The number of fused-ring (bicyclic) bond motifs is 1. The summed E-state index contributed by atoms with van der Waals surface area (Å²) >= 11 is 0. The maximum Gasteiger partial charge on any atom is 0.309 e. The minimum atomic E-state index is -0.942. The zero-order valence-electron chi connectivity index (χ0n) is 19.6. The Hall–Kier alpha value is -3.68. The van der Waals surface area contributed by atoms with E-state index in [0.717, 1.165) is 23.0 Å². The molecule has 1 aliphatic rings. The number of hydrogen-bond donors (Lipinski definition) is 0. The fourth-order valence-corrected chi connectivity index (χ4v) is 4.44. The second-order valence-electron chi connectivity index (χ2n) is 8.47. The zero-order valence-corrected chi connectivity index (χ0v) is 19.6. The van der Waals surface area contributed by atoms with E-state index in [9.17, 15) is 18.4 Å². The molecule has 0 bridgehead atoms. The molecule has 0 N–H and O–H groups in total. The molecule has 3 aromatic rings. The number of piperidine rings is 1. The van der Waals surface area contributed by atoms with Crippen molar-refractivity contribution in [1.29, 1.82) is 0 Å². The van der Waals surface area contributed by atoms with Gasteiger partial charge in [-0.05, 0) is 55.7 Å². The average Bonchev–Trinajstić information content (AvgIpc) is 3.23. The lowest BCUT2D eigenvalue weighted by Crippen LogP contribution is -2.41. The number of esters is 1. The molecule has 184 valence electrons. The number of carbonyl (C=O) groups excluding carboxylic acids is 2. The molecular formula is C27H28F2N2O4. The number of hydrogen-bond acceptors (Lipinski definition) is 4. The van der Waals surface area contributed by atoms with Gasteiger partial charge in [-0.3, -0.25) is 9.59 Å². The summed E-state index contributed by atoms with van der Waals surface area (Å²) in [6.45, 7) is 7.11. The number of nitrogens with zero attached hydrogens (tertiary/aromatic N) is 2. The lowest BCUT2D eigenvalue weighted by atomic mass is 9.97. The van der Waals surface area contributed by atoms with E-state index >= 15 is 0 Å². The van der Waals surface area contributed by atoms with Crippen LogP contribution in [-0.2, 0) is 16.1 Å². The van der Waals surface area contributed by atoms with E-state index in [1.54, 1.807) is 28.5 Å². The Morgan fingerprint density at radius 3 is 2.57 bits per heavy atom. The fraction of sp³-hybridized carbons (Fsp3) is 0.333. The predicted molar refractivity (Wildman–Crippen MR) is 128 cm³/mol. The molecule has 6 nitrogen and oxygen atoms in total. The molecule has 0 saturated carbocycles. The molecule has 0 atom stereocenters. The second-order valence-corrected chi connectivity index (χ2v) is 8.47. The first kappa shape index (κ1) is 24.4. The van der Waals surface area contributed by atoms with Crippen molar-refractivity contribution >= 4 is 22.8 Å². The van der Waals surface area contributed by atoms with Crippen LogP contribution in [0.3, 0.4) is 0 Å². The molecule has 0 radical (unpaired) electrons. The molecular weight excluding hydrogens is 454 g/mol. The number of aromatic nitrogens is 1. The maximum atomic E-state index is 13.9. The van der Waals surface area contributed by atoms with E-state index in [2.05, 4.69) is 6.58 Å². The summed E-state index contributed by atoms with van der Waals surface area (Å²) < 4.78 is 40.1. The first-order valence-electron chi connectivity index (χ1n) is 11.7. The highest BCUT2D eigenvalue weighted by Crippen LogP contribution is 2.31. The van der Waals surface area contributed by atoms with E-state index in [-0.39, 0.29) is 24.3 Å². The third-order valence-electron chi connectivity index (χ3n) is 6.21. The monoisotopic (exact) mass is 482 g/mol. The fourth-order valence-electron chi connectivity index (χ4n) is 4.44. The van der Waals surface area contributed by atoms with Crippen LogP contribution < -0.4 is 4.74 Å². The van der Waals surface area contributed by atoms with Crippen LogP contribution in [0.15, 0.2) is 55.1 Å². The molecule has 2 heterocycles. The van der Waals surface area contributed by atoms with Gasteiger partial charge in [0, 0.05) is 25.0 Å². The molecule has 0 unspecified atom stereocenters. The van der Waals surface area contributed by atoms with Gasteiger partial charge in [0.15, 0.2) is 11.6 Å². The zero-order chi connectivity index (χ0) is 24.9. The van der Waals surface area contributed by atoms with Gasteiger partial charge in [0.1, 0.15) is 18.1 Å². The smallest absolute Gasteiger partial charge is 0.309 e. The van der Waals surface area contributed by atoms with E-state index in [0.29, 0.717) is 56.2 Å². The van der Waals surface area contributed by atoms with Crippen molar-refractivity contribution in [3.63, 3.8) is 0 Å². The number of amides is 1. The second kappa shape index (κ2) is 10.7. The van der Waals surface area contributed by atoms with Crippen LogP contribution in [-0.4, -0.2) is 47.6 Å². The van der Waals surface area contributed by atoms with Gasteiger partial charge in [-0.1, -0.05) is 24.8 Å². The van der Waals surface area contributed by atoms with E-state index in [1.165, 1.54) is 6.07 Å². The molecule has 0 aliphatic carbocycles. The van der Waals surface area contributed by atoms with Crippen molar-refractivity contribution in [1.82, 2.24) is 9.47 Å². The van der Waals surface area contributed by atoms with Crippen molar-refractivity contribution in [2.24, 2.45) is 5.92 Å². The SMILES string of the molecule is C=CCOc1cccc2c1cc(C(=O)N1CCC(C(=O)OCC)CC1)n2Cc1ccc(F)c(F)c1. The number of halogens is 2. The standard InChI is InChI=1S/C27H28F2N2O4/c1-3-14-35-25-7-5-6-23-20(25)16-24(31(23)17-18-8-9-21(28)22(29)15-18)26(32)30-12-10-19(11-13-30)27(33)34-4-2/h3,5-9,15-16,19H,1,4,10-14,17H2,2H3. The Kier molecular flexibility index (Phi) is 7.48. The van der Waals surface area contributed by atoms with Gasteiger partial charge in [0.05, 0.1) is 18.0 Å². The molecule has 1 aliphatic heterocycles. The average molecular weight is 483 g/mol. The first-order chi connectivity index (χ1) is 16.9. The highest BCUT2D eigenvalue weighted by atomic mass is 19.2. The Labute approximate surface area is 202 Å². The molecule has 2 aromatic carbocycles. The summed E-state index contributed by atoms with van der Waals surface area (Å²) in [6.07, 6.45) is 2.69. The van der Waals surface area contributed by atoms with E-state index in [1.807, 2.05) is 18.2 Å². The molecule has 8 heteroatoms. The van der Waals surface area contributed by atoms with Gasteiger partial charge < -0.3 is 18.9 Å². The van der Waals surface area contributed by atoms with Crippen molar-refractivity contribution in [3.8, 4) is 5.75 Å². The van der Waals surface area contributed by atoms with Gasteiger partial charge in [-0.15, -0.1) is 0 Å². The Balaban J connectivity index is 1.68. The largest absolute Gasteiger partial charge is 0.489 e. The van der Waals surface area contributed by atoms with E-state index < -0.39 is 11.6 Å². The molecule has 4 rings (SSSR count). The number of benzene rings is 2.